The molecule has 0 nitrogen and oxygen atoms in total. The molecular weight excluding hydrogens is 1170 g/mol. The molecule has 0 N–H and O–H groups in total. The van der Waals surface area contributed by atoms with Gasteiger partial charge in [0.1, 0.15) is 0 Å². The van der Waals surface area contributed by atoms with E-state index in [1.807, 2.05) is 25.1 Å². The third-order valence-corrected chi connectivity index (χ3v) is 22.9. The van der Waals surface area contributed by atoms with Crippen LogP contribution in [0.4, 0.5) is 17.6 Å². The summed E-state index contributed by atoms with van der Waals surface area (Å²) in [4.78, 5) is 0. The van der Waals surface area contributed by atoms with Crippen LogP contribution in [0.15, 0.2) is 78.9 Å². The number of hydrogen-bond acceptors (Lipinski definition) is 0. The number of aryl methyl sites for hydroxylation is 8. The van der Waals surface area contributed by atoms with Gasteiger partial charge in [0.25, 0.3) is 0 Å². The van der Waals surface area contributed by atoms with Gasteiger partial charge in [0.15, 0.2) is 0 Å². The fourth-order valence-electron chi connectivity index (χ4n) is 13.3. The second-order valence-electron chi connectivity index (χ2n) is 35.9. The molecule has 6 saturated carbocycles. The molecule has 0 saturated heterocycles. The topological polar surface area (TPSA) is 0 Å². The largest absolute Gasteiger partial charge is 0.248 e. The maximum Gasteiger partial charge on any atom is 0.248 e. The van der Waals surface area contributed by atoms with Crippen molar-refractivity contribution in [2.75, 3.05) is 0 Å². The summed E-state index contributed by atoms with van der Waals surface area (Å²) in [5.41, 5.74) is 18.9. The lowest BCUT2D eigenvalue weighted by Crippen LogP contribution is -2.28. The summed E-state index contributed by atoms with van der Waals surface area (Å²) in [7, 11) is 0. The van der Waals surface area contributed by atoms with Crippen molar-refractivity contribution in [3.63, 3.8) is 0 Å². The maximum atomic E-state index is 12.5. The van der Waals surface area contributed by atoms with Crippen LogP contribution >= 0.6 is 0 Å². The number of alkyl halides is 4. The van der Waals surface area contributed by atoms with Crippen molar-refractivity contribution in [3.8, 4) is 0 Å². The normalized spacial score (nSPS) is 20.3. The molecule has 546 valence electrons. The van der Waals surface area contributed by atoms with Crippen LogP contribution in [0.3, 0.4) is 0 Å². The first-order valence-corrected chi connectivity index (χ1v) is 38.8. The van der Waals surface area contributed by atoms with Crippen molar-refractivity contribution in [2.24, 2.45) is 44.3 Å². The Bertz CT molecular complexity index is 2520. The molecule has 0 radical (unpaired) electrons. The quantitative estimate of drug-likeness (QED) is 0.179. The fraction of sp³-hybridized carbons (Fsp3) is 0.736. The van der Waals surface area contributed by atoms with Gasteiger partial charge in [-0.2, -0.15) is 0 Å². The monoisotopic (exact) mass is 1320 g/mol. The van der Waals surface area contributed by atoms with E-state index in [9.17, 15) is 17.6 Å². The summed E-state index contributed by atoms with van der Waals surface area (Å²) in [6.45, 7) is 60.3. The Hall–Kier alpha value is -3.40. The zero-order chi connectivity index (χ0) is 72.7. The molecule has 1 spiro atoms. The van der Waals surface area contributed by atoms with Gasteiger partial charge in [-0.1, -0.05) is 284 Å². The summed E-state index contributed by atoms with van der Waals surface area (Å²) in [6, 6.07) is 28.0. The smallest absolute Gasteiger partial charge is 0.207 e. The van der Waals surface area contributed by atoms with Crippen LogP contribution in [0.1, 0.15) is 377 Å². The molecule has 4 aromatic rings. The molecule has 4 aromatic carbocycles. The average molecular weight is 1320 g/mol. The zero-order valence-corrected chi connectivity index (χ0v) is 67.6. The highest BCUT2D eigenvalue weighted by Crippen LogP contribution is 2.49. The molecule has 6 aliphatic carbocycles. The minimum atomic E-state index is -2.37. The third kappa shape index (κ3) is 40.4. The van der Waals surface area contributed by atoms with E-state index in [0.29, 0.717) is 65.1 Å². The average Bonchev–Trinajstić information content (AvgIpc) is 1.67. The summed E-state index contributed by atoms with van der Waals surface area (Å²) in [5, 5.41) is 0. The Morgan fingerprint density at radius 2 is 0.737 bits per heavy atom. The summed E-state index contributed by atoms with van der Waals surface area (Å²) >= 11 is 0. The van der Waals surface area contributed by atoms with Crippen molar-refractivity contribution in [1.29, 1.82) is 0 Å². The summed E-state index contributed by atoms with van der Waals surface area (Å²) in [6.07, 6.45) is 32.5. The van der Waals surface area contributed by atoms with Crippen molar-refractivity contribution >= 4 is 0 Å². The predicted octanol–water partition coefficient (Wildman–Crippen LogP) is 31.4. The van der Waals surface area contributed by atoms with Gasteiger partial charge in [0, 0.05) is 25.7 Å². The molecule has 0 unspecified atom stereocenters. The molecule has 4 heteroatoms. The molecular formula is C91H154F4. The second-order valence-corrected chi connectivity index (χ2v) is 35.9. The number of halogens is 4. The van der Waals surface area contributed by atoms with E-state index in [1.165, 1.54) is 164 Å². The zero-order valence-electron chi connectivity index (χ0n) is 67.6. The van der Waals surface area contributed by atoms with Crippen LogP contribution in [-0.2, 0) is 0 Å². The van der Waals surface area contributed by atoms with E-state index in [-0.39, 0.29) is 31.1 Å². The molecule has 0 bridgehead atoms. The van der Waals surface area contributed by atoms with Gasteiger partial charge in [-0.05, 0) is 253 Å². The molecule has 95 heavy (non-hydrogen) atoms. The van der Waals surface area contributed by atoms with E-state index in [1.54, 1.807) is 25.7 Å². The first kappa shape index (κ1) is 89.6. The molecule has 6 aliphatic rings. The van der Waals surface area contributed by atoms with Gasteiger partial charge in [-0.25, -0.2) is 17.6 Å². The minimum absolute atomic E-state index is 0.0833. The first-order valence-electron chi connectivity index (χ1n) is 38.8. The van der Waals surface area contributed by atoms with Crippen LogP contribution in [0.5, 0.6) is 0 Å². The Morgan fingerprint density at radius 1 is 0.368 bits per heavy atom. The second kappa shape index (κ2) is 42.6. The maximum absolute atomic E-state index is 12.5. The van der Waals surface area contributed by atoms with Crippen molar-refractivity contribution in [2.45, 2.75) is 390 Å². The van der Waals surface area contributed by atoms with Gasteiger partial charge < -0.3 is 0 Å². The van der Waals surface area contributed by atoms with Crippen molar-refractivity contribution < 1.29 is 17.6 Å². The summed E-state index contributed by atoms with van der Waals surface area (Å²) < 4.78 is 49.9. The molecule has 10 rings (SSSR count). The number of rotatable bonds is 4. The van der Waals surface area contributed by atoms with Crippen molar-refractivity contribution in [3.05, 3.63) is 140 Å². The lowest BCUT2D eigenvalue weighted by atomic mass is 9.63. The third-order valence-electron chi connectivity index (χ3n) is 22.9. The van der Waals surface area contributed by atoms with E-state index < -0.39 is 11.8 Å². The standard InChI is InChI=1S/C13H20.C12H22.C10H20.C10H14.C9H12.C8H14F2.C8H16.C7H12F2.C7H8.C7H16/c1-9(2)12-7-6-11(5)13(8-12)10(3)4;1-11-5-9-12(10-6-11)7-3-2-4-8-12;1-9(2)5-7-10(3,4)8-6-9;1-7-5-8(2)10(4)9(3)6-7;1-7-4-5-8(2)9(3)6-7;1-7(2)3-5-8(9,10)6-4-7;1-8(2)6-4-3-5-7-8;1-6-2-4-7(8,9)5-3-6;1-7-5-3-2-4-6-7;1-5-7(3,4)6-2/h6-10H,1-5H3;11H,2-10H2,1H3;5-8H2,1-4H3;5-6H,1-4H3;4-6H,1-3H3;3-6H2,1-2H3;3-7H2,1-2H3;6H,2-5H2,1H3;2-6H,1H3;5-6H2,1-4H3. The van der Waals surface area contributed by atoms with Crippen LogP contribution in [0.25, 0.3) is 0 Å². The van der Waals surface area contributed by atoms with Crippen LogP contribution in [0, 0.1) is 107 Å². The van der Waals surface area contributed by atoms with Gasteiger partial charge in [0.2, 0.25) is 11.8 Å². The highest BCUT2D eigenvalue weighted by Gasteiger charge is 2.39. The highest BCUT2D eigenvalue weighted by molar-refractivity contribution is 5.36. The van der Waals surface area contributed by atoms with E-state index in [2.05, 4.69) is 241 Å². The van der Waals surface area contributed by atoms with E-state index >= 15 is 0 Å². The predicted molar refractivity (Wildman–Crippen MR) is 417 cm³/mol. The lowest BCUT2D eigenvalue weighted by Gasteiger charge is -2.42. The van der Waals surface area contributed by atoms with Gasteiger partial charge >= 0.3 is 0 Å². The highest BCUT2D eigenvalue weighted by atomic mass is 19.3. The van der Waals surface area contributed by atoms with Gasteiger partial charge in [-0.3, -0.25) is 0 Å². The molecule has 0 heterocycles. The van der Waals surface area contributed by atoms with Crippen LogP contribution in [0.2, 0.25) is 0 Å². The molecule has 6 fully saturated rings. The SMILES string of the molecule is CC1(C)CCC(C)(C)CC1.CC1(C)CCC(F)(F)CC1.CC1(C)CCCCC1.CC1CCC(F)(F)CC1.CC1CCC2(CCCCC2)CC1.CCC(C)(C)CC.Cc1cc(C)c(C)c(C)c1.Cc1ccc(C(C)C)cc1C(C)C.Cc1ccc(C)c(C)c1.Cc1ccccc1. The fourth-order valence-corrected chi connectivity index (χ4v) is 13.3. The van der Waals surface area contributed by atoms with E-state index in [0.717, 1.165) is 11.3 Å². The Kier molecular flexibility index (Phi) is 40.2. The molecule has 0 amide bonds. The summed E-state index contributed by atoms with van der Waals surface area (Å²) in [5.74, 6) is -1.89. The van der Waals surface area contributed by atoms with Crippen LogP contribution < -0.4 is 0 Å². The Labute approximate surface area is 589 Å². The van der Waals surface area contributed by atoms with Crippen LogP contribution in [-0.4, -0.2) is 11.8 Å². The lowest BCUT2D eigenvalue weighted by molar-refractivity contribution is -0.0599. The molecule has 0 atom stereocenters. The van der Waals surface area contributed by atoms with Crippen molar-refractivity contribution in [1.82, 2.24) is 0 Å². The Morgan fingerprint density at radius 3 is 1.05 bits per heavy atom. The first-order chi connectivity index (χ1) is 43.8. The molecule has 0 aliphatic heterocycles. The number of benzene rings is 4. The van der Waals surface area contributed by atoms with Gasteiger partial charge in [-0.15, -0.1) is 0 Å². The Balaban J connectivity index is 0.000000531. The van der Waals surface area contributed by atoms with Gasteiger partial charge in [0.05, 0.1) is 0 Å². The minimum Gasteiger partial charge on any atom is -0.207 e. The van der Waals surface area contributed by atoms with E-state index in [4.69, 9.17) is 0 Å². The number of hydrogen-bond donors (Lipinski definition) is 0. The molecule has 0 aromatic heterocycles.